The van der Waals surface area contributed by atoms with Crippen molar-refractivity contribution in [2.75, 3.05) is 6.61 Å². The summed E-state index contributed by atoms with van der Waals surface area (Å²) in [7, 11) is 0. The van der Waals surface area contributed by atoms with E-state index >= 15 is 4.39 Å². The van der Waals surface area contributed by atoms with Crippen molar-refractivity contribution in [2.24, 2.45) is 0 Å². The molecule has 0 heterocycles. The molecule has 0 aliphatic carbocycles. The van der Waals surface area contributed by atoms with Gasteiger partial charge in [0.1, 0.15) is 5.75 Å². The smallest absolute Gasteiger partial charge is 0.222 e. The SMILES string of the molecule is CC[C@@H](N[C@H](C)CC(=O)NC(C)(C)CO)c1ccc(Cl)c(Oc2ccccc2)c1F. The normalized spacial score (nSPS) is 13.6. The summed E-state index contributed by atoms with van der Waals surface area (Å²) in [6, 6.07) is 11.6. The predicted molar refractivity (Wildman–Crippen MR) is 117 cm³/mol. The second-order valence-corrected chi connectivity index (χ2v) is 8.42. The number of aliphatic hydroxyl groups is 1. The van der Waals surface area contributed by atoms with Crippen molar-refractivity contribution in [1.82, 2.24) is 10.6 Å². The number of carbonyl (C=O) groups excluding carboxylic acids is 1. The molecule has 0 unspecified atom stereocenters. The van der Waals surface area contributed by atoms with Crippen molar-refractivity contribution < 1.29 is 19.0 Å². The molecule has 2 atom stereocenters. The number of rotatable bonds is 10. The number of aliphatic hydroxyl groups excluding tert-OH is 1. The molecule has 2 rings (SSSR count). The van der Waals surface area contributed by atoms with Crippen LogP contribution in [0.1, 0.15) is 52.1 Å². The van der Waals surface area contributed by atoms with E-state index in [-0.39, 0.29) is 41.8 Å². The van der Waals surface area contributed by atoms with Crippen molar-refractivity contribution in [3.63, 3.8) is 0 Å². The molecule has 1 amide bonds. The van der Waals surface area contributed by atoms with E-state index in [1.807, 2.05) is 19.9 Å². The summed E-state index contributed by atoms with van der Waals surface area (Å²) in [6.45, 7) is 7.14. The zero-order valence-corrected chi connectivity index (χ0v) is 18.6. The first-order valence-corrected chi connectivity index (χ1v) is 10.4. The van der Waals surface area contributed by atoms with Crippen LogP contribution < -0.4 is 15.4 Å². The van der Waals surface area contributed by atoms with Crippen molar-refractivity contribution >= 4 is 17.5 Å². The maximum atomic E-state index is 15.3. The highest BCUT2D eigenvalue weighted by atomic mass is 35.5. The van der Waals surface area contributed by atoms with Crippen LogP contribution in [0, 0.1) is 5.82 Å². The molecule has 5 nitrogen and oxygen atoms in total. The third kappa shape index (κ3) is 6.69. The Morgan fingerprint density at radius 2 is 1.90 bits per heavy atom. The monoisotopic (exact) mass is 436 g/mol. The van der Waals surface area contributed by atoms with Gasteiger partial charge in [-0.2, -0.15) is 0 Å². The Morgan fingerprint density at radius 1 is 1.23 bits per heavy atom. The van der Waals surface area contributed by atoms with Crippen LogP contribution in [0.25, 0.3) is 0 Å². The molecule has 164 valence electrons. The Morgan fingerprint density at radius 3 is 2.50 bits per heavy atom. The minimum absolute atomic E-state index is 0.0179. The summed E-state index contributed by atoms with van der Waals surface area (Å²) in [6.07, 6.45) is 0.805. The van der Waals surface area contributed by atoms with Crippen molar-refractivity contribution in [2.45, 2.75) is 58.2 Å². The van der Waals surface area contributed by atoms with E-state index in [9.17, 15) is 9.90 Å². The van der Waals surface area contributed by atoms with Gasteiger partial charge in [-0.05, 0) is 45.4 Å². The minimum Gasteiger partial charge on any atom is -0.453 e. The van der Waals surface area contributed by atoms with E-state index in [0.717, 1.165) is 0 Å². The van der Waals surface area contributed by atoms with Crippen LogP contribution in [0.5, 0.6) is 11.5 Å². The van der Waals surface area contributed by atoms with E-state index in [0.29, 0.717) is 17.7 Å². The van der Waals surface area contributed by atoms with Crippen molar-refractivity contribution in [1.29, 1.82) is 0 Å². The first-order chi connectivity index (χ1) is 14.2. The number of amides is 1. The summed E-state index contributed by atoms with van der Waals surface area (Å²) < 4.78 is 21.0. The van der Waals surface area contributed by atoms with Crippen LogP contribution in [-0.2, 0) is 4.79 Å². The lowest BCUT2D eigenvalue weighted by atomic mass is 10.0. The summed E-state index contributed by atoms with van der Waals surface area (Å²) in [5.74, 6) is -0.235. The second kappa shape index (κ2) is 10.8. The lowest BCUT2D eigenvalue weighted by Gasteiger charge is -2.27. The quantitative estimate of drug-likeness (QED) is 0.491. The van der Waals surface area contributed by atoms with Crippen LogP contribution in [0.3, 0.4) is 0 Å². The number of nitrogens with one attached hydrogen (secondary N) is 2. The zero-order chi connectivity index (χ0) is 22.3. The zero-order valence-electron chi connectivity index (χ0n) is 17.8. The Labute approximate surface area is 182 Å². The summed E-state index contributed by atoms with van der Waals surface area (Å²) >= 11 is 6.19. The molecule has 2 aromatic rings. The molecular weight excluding hydrogens is 407 g/mol. The molecule has 0 spiro atoms. The molecule has 0 aliphatic heterocycles. The van der Waals surface area contributed by atoms with E-state index in [1.165, 1.54) is 0 Å². The highest BCUT2D eigenvalue weighted by Crippen LogP contribution is 2.36. The van der Waals surface area contributed by atoms with Crippen molar-refractivity contribution in [3.8, 4) is 11.5 Å². The molecule has 7 heteroatoms. The van der Waals surface area contributed by atoms with Gasteiger partial charge in [0.2, 0.25) is 5.91 Å². The number of carbonyl (C=O) groups is 1. The molecule has 0 bridgehead atoms. The number of halogens is 2. The standard InChI is InChI=1S/C23H30ClFN2O3/c1-5-19(26-15(2)13-20(29)27-23(3,4)14-28)17-11-12-18(24)22(21(17)25)30-16-9-7-6-8-10-16/h6-12,15,19,26,28H,5,13-14H2,1-4H3,(H,27,29)/t15-,19-/m1/s1. The maximum absolute atomic E-state index is 15.3. The first kappa shape index (κ1) is 24.1. The van der Waals surface area contributed by atoms with Gasteiger partial charge in [0, 0.05) is 24.1 Å². The largest absolute Gasteiger partial charge is 0.453 e. The topological polar surface area (TPSA) is 70.6 Å². The third-order valence-electron chi connectivity index (χ3n) is 4.68. The molecule has 0 radical (unpaired) electrons. The molecule has 0 saturated carbocycles. The molecular formula is C23H30ClFN2O3. The molecule has 2 aromatic carbocycles. The fourth-order valence-corrected chi connectivity index (χ4v) is 3.28. The average molecular weight is 437 g/mol. The van der Waals surface area contributed by atoms with Gasteiger partial charge in [-0.1, -0.05) is 42.8 Å². The van der Waals surface area contributed by atoms with E-state index in [4.69, 9.17) is 16.3 Å². The van der Waals surface area contributed by atoms with Gasteiger partial charge in [0.15, 0.2) is 11.6 Å². The van der Waals surface area contributed by atoms with E-state index in [2.05, 4.69) is 10.6 Å². The summed E-state index contributed by atoms with van der Waals surface area (Å²) in [5.41, 5.74) is -0.261. The fraction of sp³-hybridized carbons (Fsp3) is 0.435. The number of ether oxygens (including phenoxy) is 1. The van der Waals surface area contributed by atoms with Crippen LogP contribution >= 0.6 is 11.6 Å². The second-order valence-electron chi connectivity index (χ2n) is 8.02. The van der Waals surface area contributed by atoms with Crippen molar-refractivity contribution in [3.05, 3.63) is 58.9 Å². The van der Waals surface area contributed by atoms with Gasteiger partial charge in [0.25, 0.3) is 0 Å². The Balaban J connectivity index is 2.14. The molecule has 0 saturated heterocycles. The highest BCUT2D eigenvalue weighted by molar-refractivity contribution is 6.32. The van der Waals surface area contributed by atoms with Gasteiger partial charge in [0.05, 0.1) is 17.2 Å². The molecule has 0 aromatic heterocycles. The first-order valence-electron chi connectivity index (χ1n) is 10.1. The van der Waals surface area contributed by atoms with Gasteiger partial charge >= 0.3 is 0 Å². The average Bonchev–Trinajstić information content (AvgIpc) is 2.70. The third-order valence-corrected chi connectivity index (χ3v) is 4.97. The lowest BCUT2D eigenvalue weighted by Crippen LogP contribution is -2.48. The van der Waals surface area contributed by atoms with Gasteiger partial charge in [-0.3, -0.25) is 4.79 Å². The number of hydrogen-bond donors (Lipinski definition) is 3. The molecule has 0 aliphatic rings. The van der Waals surface area contributed by atoms with Gasteiger partial charge in [-0.15, -0.1) is 0 Å². The van der Waals surface area contributed by atoms with E-state index in [1.54, 1.807) is 50.2 Å². The maximum Gasteiger partial charge on any atom is 0.222 e. The summed E-state index contributed by atoms with van der Waals surface area (Å²) in [5, 5.41) is 15.6. The number of hydrogen-bond acceptors (Lipinski definition) is 4. The highest BCUT2D eigenvalue weighted by Gasteiger charge is 2.24. The number of benzene rings is 2. The van der Waals surface area contributed by atoms with Crippen LogP contribution in [-0.4, -0.2) is 29.2 Å². The summed E-state index contributed by atoms with van der Waals surface area (Å²) in [4.78, 5) is 12.2. The Kier molecular flexibility index (Phi) is 8.65. The Hall–Kier alpha value is -2.15. The lowest BCUT2D eigenvalue weighted by molar-refractivity contribution is -0.123. The van der Waals surface area contributed by atoms with Gasteiger partial charge in [-0.25, -0.2) is 4.39 Å². The number of para-hydroxylation sites is 1. The van der Waals surface area contributed by atoms with Crippen LogP contribution in [0.2, 0.25) is 5.02 Å². The van der Waals surface area contributed by atoms with Gasteiger partial charge < -0.3 is 20.5 Å². The molecule has 3 N–H and O–H groups in total. The predicted octanol–water partition coefficient (Wildman–Crippen LogP) is 4.98. The van der Waals surface area contributed by atoms with Crippen LogP contribution in [0.4, 0.5) is 4.39 Å². The molecule has 0 fully saturated rings. The molecule has 30 heavy (non-hydrogen) atoms. The van der Waals surface area contributed by atoms with Crippen LogP contribution in [0.15, 0.2) is 42.5 Å². The fourth-order valence-electron chi connectivity index (χ4n) is 3.09. The minimum atomic E-state index is -0.688. The van der Waals surface area contributed by atoms with E-state index < -0.39 is 11.4 Å². The Bertz CT molecular complexity index is 846.